The Hall–Kier alpha value is -3.23. The number of imide groups is 1. The number of benzene rings is 1. The maximum Gasteiger partial charge on any atom is 0.332 e. The zero-order valence-corrected chi connectivity index (χ0v) is 14.5. The average molecular weight is 360 g/mol. The van der Waals surface area contributed by atoms with Crippen molar-refractivity contribution in [2.75, 3.05) is 4.90 Å². The van der Waals surface area contributed by atoms with E-state index in [-0.39, 0.29) is 12.2 Å². The lowest BCUT2D eigenvalue weighted by molar-refractivity contribution is -0.127. The highest BCUT2D eigenvalue weighted by atomic mass is 19.1. The monoisotopic (exact) mass is 360 g/mol. The van der Waals surface area contributed by atoms with Gasteiger partial charge in [-0.3, -0.25) is 28.5 Å². The molecule has 1 atom stereocenters. The van der Waals surface area contributed by atoms with Crippen molar-refractivity contribution in [2.24, 2.45) is 14.1 Å². The molecule has 136 valence electrons. The molecule has 1 saturated heterocycles. The molecule has 1 aromatic heterocycles. The smallest absolute Gasteiger partial charge is 0.299 e. The standard InChI is InChI=1S/C17H17FN4O4/c1-10-15(24)21(9-13-8-14(23)20(3)16(25)19(13)2)17(26)22(10)12-6-4-11(18)5-7-12/h4-8,10H,9H2,1-3H3/t10-/m1/s1. The largest absolute Gasteiger partial charge is 0.332 e. The van der Waals surface area contributed by atoms with Gasteiger partial charge >= 0.3 is 11.7 Å². The van der Waals surface area contributed by atoms with Gasteiger partial charge in [0, 0.05) is 31.5 Å². The fraction of sp³-hybridized carbons (Fsp3) is 0.294. The van der Waals surface area contributed by atoms with Crippen LogP contribution in [0, 0.1) is 5.82 Å². The normalized spacial score (nSPS) is 17.3. The van der Waals surface area contributed by atoms with Crippen LogP contribution in [0.3, 0.4) is 0 Å². The molecule has 1 aliphatic heterocycles. The summed E-state index contributed by atoms with van der Waals surface area (Å²) >= 11 is 0. The van der Waals surface area contributed by atoms with Gasteiger partial charge in [0.15, 0.2) is 0 Å². The average Bonchev–Trinajstić information content (AvgIpc) is 2.82. The molecule has 0 spiro atoms. The Morgan fingerprint density at radius 2 is 1.62 bits per heavy atom. The lowest BCUT2D eigenvalue weighted by Gasteiger charge is -2.19. The van der Waals surface area contributed by atoms with Gasteiger partial charge in [-0.25, -0.2) is 14.0 Å². The molecular weight excluding hydrogens is 343 g/mol. The number of rotatable bonds is 3. The third kappa shape index (κ3) is 2.71. The van der Waals surface area contributed by atoms with Crippen molar-refractivity contribution in [3.8, 4) is 0 Å². The number of urea groups is 1. The maximum atomic E-state index is 13.1. The number of carbonyl (C=O) groups excluding carboxylic acids is 2. The molecule has 8 nitrogen and oxygen atoms in total. The first kappa shape index (κ1) is 17.6. The van der Waals surface area contributed by atoms with Crippen molar-refractivity contribution >= 4 is 17.6 Å². The van der Waals surface area contributed by atoms with Gasteiger partial charge in [-0.15, -0.1) is 0 Å². The third-order valence-electron chi connectivity index (χ3n) is 4.50. The zero-order chi connectivity index (χ0) is 19.2. The summed E-state index contributed by atoms with van der Waals surface area (Å²) in [6.07, 6.45) is 0. The van der Waals surface area contributed by atoms with Crippen LogP contribution in [-0.2, 0) is 25.4 Å². The molecule has 0 bridgehead atoms. The quantitative estimate of drug-likeness (QED) is 0.750. The van der Waals surface area contributed by atoms with E-state index in [0.717, 1.165) is 9.47 Å². The van der Waals surface area contributed by atoms with Gasteiger partial charge in [0.1, 0.15) is 11.9 Å². The first-order valence-corrected chi connectivity index (χ1v) is 7.88. The second-order valence-electron chi connectivity index (χ2n) is 6.10. The fourth-order valence-electron chi connectivity index (χ4n) is 2.90. The van der Waals surface area contributed by atoms with E-state index in [1.165, 1.54) is 53.9 Å². The van der Waals surface area contributed by atoms with Crippen LogP contribution in [0.4, 0.5) is 14.9 Å². The van der Waals surface area contributed by atoms with Gasteiger partial charge in [-0.1, -0.05) is 0 Å². The Labute approximate surface area is 147 Å². The van der Waals surface area contributed by atoms with Gasteiger partial charge in [0.25, 0.3) is 11.5 Å². The van der Waals surface area contributed by atoms with Crippen molar-refractivity contribution in [1.29, 1.82) is 0 Å². The summed E-state index contributed by atoms with van der Waals surface area (Å²) < 4.78 is 15.3. The van der Waals surface area contributed by atoms with Crippen LogP contribution in [0.5, 0.6) is 0 Å². The highest BCUT2D eigenvalue weighted by molar-refractivity contribution is 6.13. The van der Waals surface area contributed by atoms with Gasteiger partial charge in [-0.05, 0) is 31.2 Å². The van der Waals surface area contributed by atoms with E-state index >= 15 is 0 Å². The predicted molar refractivity (Wildman–Crippen MR) is 91.2 cm³/mol. The summed E-state index contributed by atoms with van der Waals surface area (Å²) in [4.78, 5) is 51.4. The minimum absolute atomic E-state index is 0.207. The number of amides is 3. The fourth-order valence-corrected chi connectivity index (χ4v) is 2.90. The van der Waals surface area contributed by atoms with Crippen molar-refractivity contribution in [3.63, 3.8) is 0 Å². The predicted octanol–water partition coefficient (Wildman–Crippen LogP) is 0.580. The molecule has 0 unspecified atom stereocenters. The minimum Gasteiger partial charge on any atom is -0.299 e. The maximum absolute atomic E-state index is 13.1. The molecule has 3 rings (SSSR count). The Bertz CT molecular complexity index is 1010. The van der Waals surface area contributed by atoms with E-state index in [1.54, 1.807) is 6.92 Å². The van der Waals surface area contributed by atoms with Gasteiger partial charge in [-0.2, -0.15) is 0 Å². The molecule has 0 radical (unpaired) electrons. The van der Waals surface area contributed by atoms with Crippen LogP contribution in [-0.4, -0.2) is 32.0 Å². The van der Waals surface area contributed by atoms with Crippen LogP contribution < -0.4 is 16.1 Å². The third-order valence-corrected chi connectivity index (χ3v) is 4.50. The van der Waals surface area contributed by atoms with Crippen LogP contribution >= 0.6 is 0 Å². The summed E-state index contributed by atoms with van der Waals surface area (Å²) in [5.41, 5.74) is -0.439. The van der Waals surface area contributed by atoms with E-state index in [0.29, 0.717) is 5.69 Å². The number of aromatic nitrogens is 2. The minimum atomic E-state index is -0.781. The number of halogens is 1. The van der Waals surface area contributed by atoms with E-state index < -0.39 is 35.0 Å². The number of anilines is 1. The highest BCUT2D eigenvalue weighted by Crippen LogP contribution is 2.26. The van der Waals surface area contributed by atoms with E-state index in [4.69, 9.17) is 0 Å². The van der Waals surface area contributed by atoms with E-state index in [2.05, 4.69) is 0 Å². The Morgan fingerprint density at radius 3 is 2.23 bits per heavy atom. The molecule has 0 saturated carbocycles. The van der Waals surface area contributed by atoms with Crippen molar-refractivity contribution in [1.82, 2.24) is 14.0 Å². The Morgan fingerprint density at radius 1 is 1.00 bits per heavy atom. The number of carbonyl (C=O) groups is 2. The SMILES string of the molecule is C[C@@H]1C(=O)N(Cc2cc(=O)n(C)c(=O)n2C)C(=O)N1c1ccc(F)cc1. The highest BCUT2D eigenvalue weighted by Gasteiger charge is 2.43. The van der Waals surface area contributed by atoms with Crippen LogP contribution in [0.15, 0.2) is 39.9 Å². The molecule has 2 aromatic rings. The van der Waals surface area contributed by atoms with Gasteiger partial charge < -0.3 is 0 Å². The van der Waals surface area contributed by atoms with Crippen molar-refractivity contribution in [2.45, 2.75) is 19.5 Å². The number of hydrogen-bond acceptors (Lipinski definition) is 4. The molecule has 1 fully saturated rings. The molecule has 0 N–H and O–H groups in total. The van der Waals surface area contributed by atoms with Crippen molar-refractivity contribution in [3.05, 3.63) is 62.7 Å². The van der Waals surface area contributed by atoms with E-state index in [9.17, 15) is 23.6 Å². The summed E-state index contributed by atoms with van der Waals surface area (Å²) in [5.74, 6) is -0.918. The topological polar surface area (TPSA) is 84.6 Å². The molecule has 9 heteroatoms. The first-order valence-electron chi connectivity index (χ1n) is 7.88. The second kappa shape index (κ2) is 6.25. The molecule has 3 amide bonds. The van der Waals surface area contributed by atoms with Gasteiger partial charge in [0.2, 0.25) is 0 Å². The van der Waals surface area contributed by atoms with Gasteiger partial charge in [0.05, 0.1) is 6.54 Å². The first-order chi connectivity index (χ1) is 12.2. The summed E-state index contributed by atoms with van der Waals surface area (Å²) in [5, 5.41) is 0. The van der Waals surface area contributed by atoms with Crippen LogP contribution in [0.25, 0.3) is 0 Å². The number of nitrogens with zero attached hydrogens (tertiary/aromatic N) is 4. The molecule has 0 aliphatic carbocycles. The molecule has 2 heterocycles. The summed E-state index contributed by atoms with van der Waals surface area (Å²) in [6, 6.07) is 5.06. The molecule has 1 aromatic carbocycles. The second-order valence-corrected chi connectivity index (χ2v) is 6.10. The zero-order valence-electron chi connectivity index (χ0n) is 14.5. The summed E-state index contributed by atoms with van der Waals surface area (Å²) in [6.45, 7) is 1.36. The lowest BCUT2D eigenvalue weighted by atomic mass is 10.2. The Balaban J connectivity index is 1.96. The lowest BCUT2D eigenvalue weighted by Crippen LogP contribution is -2.40. The van der Waals surface area contributed by atoms with Crippen LogP contribution in [0.2, 0.25) is 0 Å². The molecule has 1 aliphatic rings. The van der Waals surface area contributed by atoms with Crippen LogP contribution in [0.1, 0.15) is 12.6 Å². The Kier molecular flexibility index (Phi) is 4.23. The summed E-state index contributed by atoms with van der Waals surface area (Å²) in [7, 11) is 2.81. The van der Waals surface area contributed by atoms with E-state index in [1.807, 2.05) is 0 Å². The number of hydrogen-bond donors (Lipinski definition) is 0. The molecule has 26 heavy (non-hydrogen) atoms. The van der Waals surface area contributed by atoms with Crippen molar-refractivity contribution < 1.29 is 14.0 Å². The molecular formula is C17H17FN4O4.